The van der Waals surface area contributed by atoms with Crippen LogP contribution in [0.3, 0.4) is 0 Å². The summed E-state index contributed by atoms with van der Waals surface area (Å²) in [4.78, 5) is 25.2. The SMILES string of the molecule is O=C(C[N+](=O)[O-])N1CCN(Cc2ccc3c(c2)OCO3)CC1. The molecule has 0 aliphatic carbocycles. The van der Waals surface area contributed by atoms with Crippen molar-refractivity contribution in [2.75, 3.05) is 39.5 Å². The zero-order chi connectivity index (χ0) is 15.5. The van der Waals surface area contributed by atoms with Crippen molar-refractivity contribution in [1.29, 1.82) is 0 Å². The van der Waals surface area contributed by atoms with E-state index in [1.165, 1.54) is 0 Å². The Hall–Kier alpha value is -2.35. The molecular formula is C14H17N3O5. The van der Waals surface area contributed by atoms with Gasteiger partial charge in [-0.25, -0.2) is 0 Å². The van der Waals surface area contributed by atoms with Crippen molar-refractivity contribution in [2.45, 2.75) is 6.54 Å². The summed E-state index contributed by atoms with van der Waals surface area (Å²) >= 11 is 0. The van der Waals surface area contributed by atoms with E-state index in [-0.39, 0.29) is 6.79 Å². The number of benzene rings is 1. The van der Waals surface area contributed by atoms with E-state index in [4.69, 9.17) is 9.47 Å². The molecule has 0 bridgehead atoms. The number of carbonyl (C=O) groups is 1. The summed E-state index contributed by atoms with van der Waals surface area (Å²) in [5.74, 6) is 1.11. The Bertz CT molecular complexity index is 584. The van der Waals surface area contributed by atoms with Gasteiger partial charge in [0, 0.05) is 37.6 Å². The molecule has 0 unspecified atom stereocenters. The zero-order valence-electron chi connectivity index (χ0n) is 12.1. The first kappa shape index (κ1) is 14.6. The molecule has 22 heavy (non-hydrogen) atoms. The highest BCUT2D eigenvalue weighted by Crippen LogP contribution is 2.32. The van der Waals surface area contributed by atoms with Gasteiger partial charge in [0.05, 0.1) is 0 Å². The molecule has 1 aromatic carbocycles. The molecule has 1 amide bonds. The van der Waals surface area contributed by atoms with Gasteiger partial charge in [0.2, 0.25) is 6.79 Å². The first-order chi connectivity index (χ1) is 10.6. The van der Waals surface area contributed by atoms with Crippen molar-refractivity contribution in [1.82, 2.24) is 9.80 Å². The Balaban J connectivity index is 1.52. The number of nitro groups is 1. The summed E-state index contributed by atoms with van der Waals surface area (Å²) in [6, 6.07) is 5.86. The van der Waals surface area contributed by atoms with Gasteiger partial charge in [-0.15, -0.1) is 0 Å². The van der Waals surface area contributed by atoms with Gasteiger partial charge in [-0.05, 0) is 17.7 Å². The predicted octanol–water partition coefficient (Wildman–Crippen LogP) is 0.336. The Labute approximate surface area is 127 Å². The van der Waals surface area contributed by atoms with Crippen LogP contribution in [0.1, 0.15) is 5.56 Å². The second-order valence-electron chi connectivity index (χ2n) is 5.34. The minimum Gasteiger partial charge on any atom is -0.454 e. The quantitative estimate of drug-likeness (QED) is 0.589. The van der Waals surface area contributed by atoms with Crippen LogP contribution in [-0.2, 0) is 11.3 Å². The van der Waals surface area contributed by atoms with E-state index in [0.29, 0.717) is 26.2 Å². The largest absolute Gasteiger partial charge is 0.454 e. The lowest BCUT2D eigenvalue weighted by atomic mass is 10.1. The summed E-state index contributed by atoms with van der Waals surface area (Å²) in [5.41, 5.74) is 1.12. The first-order valence-electron chi connectivity index (χ1n) is 7.12. The van der Waals surface area contributed by atoms with Gasteiger partial charge >= 0.3 is 0 Å². The second kappa shape index (κ2) is 6.18. The van der Waals surface area contributed by atoms with Gasteiger partial charge in [-0.2, -0.15) is 0 Å². The molecule has 1 fully saturated rings. The monoisotopic (exact) mass is 307 g/mol. The molecule has 2 aliphatic rings. The maximum Gasteiger partial charge on any atom is 0.294 e. The van der Waals surface area contributed by atoms with Gasteiger partial charge in [0.15, 0.2) is 11.5 Å². The summed E-state index contributed by atoms with van der Waals surface area (Å²) in [7, 11) is 0. The number of ether oxygens (including phenoxy) is 2. The molecule has 0 spiro atoms. The van der Waals surface area contributed by atoms with Crippen LogP contribution in [0.4, 0.5) is 0 Å². The highest BCUT2D eigenvalue weighted by atomic mass is 16.7. The Morgan fingerprint density at radius 1 is 1.18 bits per heavy atom. The fourth-order valence-corrected chi connectivity index (χ4v) is 2.66. The fourth-order valence-electron chi connectivity index (χ4n) is 2.66. The second-order valence-corrected chi connectivity index (χ2v) is 5.34. The van der Waals surface area contributed by atoms with Crippen molar-refractivity contribution in [3.63, 3.8) is 0 Å². The maximum atomic E-state index is 11.6. The van der Waals surface area contributed by atoms with E-state index < -0.39 is 17.4 Å². The molecule has 1 saturated heterocycles. The lowest BCUT2D eigenvalue weighted by Crippen LogP contribution is -2.49. The molecule has 8 nitrogen and oxygen atoms in total. The molecule has 2 heterocycles. The standard InChI is InChI=1S/C14H17N3O5/c18-14(9-17(19)20)16-5-3-15(4-6-16)8-11-1-2-12-13(7-11)22-10-21-12/h1-2,7H,3-6,8-10H2. The molecule has 118 valence electrons. The highest BCUT2D eigenvalue weighted by molar-refractivity contribution is 5.77. The zero-order valence-corrected chi connectivity index (χ0v) is 12.1. The molecular weight excluding hydrogens is 290 g/mol. The average molecular weight is 307 g/mol. The number of nitrogens with zero attached hydrogens (tertiary/aromatic N) is 3. The van der Waals surface area contributed by atoms with Gasteiger partial charge in [-0.1, -0.05) is 6.07 Å². The number of piperazine rings is 1. The third-order valence-electron chi connectivity index (χ3n) is 3.83. The topological polar surface area (TPSA) is 85.2 Å². The number of hydrogen-bond donors (Lipinski definition) is 0. The van der Waals surface area contributed by atoms with Crippen LogP contribution in [0.5, 0.6) is 11.5 Å². The van der Waals surface area contributed by atoms with Crippen molar-refractivity contribution < 1.29 is 19.2 Å². The molecule has 2 aliphatic heterocycles. The Morgan fingerprint density at radius 3 is 2.64 bits per heavy atom. The van der Waals surface area contributed by atoms with Gasteiger partial charge in [0.25, 0.3) is 12.5 Å². The minimum absolute atomic E-state index is 0.260. The highest BCUT2D eigenvalue weighted by Gasteiger charge is 2.24. The smallest absolute Gasteiger partial charge is 0.294 e. The summed E-state index contributed by atoms with van der Waals surface area (Å²) in [6.45, 7) is 2.86. The summed E-state index contributed by atoms with van der Waals surface area (Å²) < 4.78 is 10.6. The Kier molecular flexibility index (Phi) is 4.10. The van der Waals surface area contributed by atoms with Crippen LogP contribution < -0.4 is 9.47 Å². The first-order valence-corrected chi connectivity index (χ1v) is 7.12. The minimum atomic E-state index is -0.623. The number of carbonyl (C=O) groups excluding carboxylic acids is 1. The van der Waals surface area contributed by atoms with E-state index in [2.05, 4.69) is 4.90 Å². The predicted molar refractivity (Wildman–Crippen MR) is 76.3 cm³/mol. The van der Waals surface area contributed by atoms with E-state index in [9.17, 15) is 14.9 Å². The molecule has 0 N–H and O–H groups in total. The lowest BCUT2D eigenvalue weighted by molar-refractivity contribution is -0.468. The third kappa shape index (κ3) is 3.28. The molecule has 1 aromatic rings. The van der Waals surface area contributed by atoms with Gasteiger partial charge < -0.3 is 14.4 Å². The molecule has 0 aromatic heterocycles. The summed E-state index contributed by atoms with van der Waals surface area (Å²) in [6.07, 6.45) is 0. The van der Waals surface area contributed by atoms with E-state index in [1.54, 1.807) is 4.90 Å². The van der Waals surface area contributed by atoms with E-state index in [0.717, 1.165) is 23.6 Å². The molecule has 0 atom stereocenters. The van der Waals surface area contributed by atoms with Crippen molar-refractivity contribution >= 4 is 5.91 Å². The van der Waals surface area contributed by atoms with Crippen molar-refractivity contribution in [3.8, 4) is 11.5 Å². The fraction of sp³-hybridized carbons (Fsp3) is 0.500. The lowest BCUT2D eigenvalue weighted by Gasteiger charge is -2.34. The van der Waals surface area contributed by atoms with E-state index >= 15 is 0 Å². The molecule has 8 heteroatoms. The van der Waals surface area contributed by atoms with Gasteiger partial charge in [0.1, 0.15) is 0 Å². The third-order valence-corrected chi connectivity index (χ3v) is 3.83. The number of rotatable bonds is 4. The molecule has 3 rings (SSSR count). The normalized spacial score (nSPS) is 17.5. The van der Waals surface area contributed by atoms with Crippen molar-refractivity contribution in [3.05, 3.63) is 33.9 Å². The van der Waals surface area contributed by atoms with Crippen LogP contribution in [0, 0.1) is 10.1 Å². The Morgan fingerprint density at radius 2 is 1.91 bits per heavy atom. The van der Waals surface area contributed by atoms with Gasteiger partial charge in [-0.3, -0.25) is 19.8 Å². The number of amides is 1. The number of fused-ring (bicyclic) bond motifs is 1. The van der Waals surface area contributed by atoms with Crippen molar-refractivity contribution in [2.24, 2.45) is 0 Å². The van der Waals surface area contributed by atoms with E-state index in [1.807, 2.05) is 18.2 Å². The molecule has 0 saturated carbocycles. The van der Waals surface area contributed by atoms with Crippen LogP contribution >= 0.6 is 0 Å². The van der Waals surface area contributed by atoms with Crippen LogP contribution in [-0.4, -0.2) is 60.1 Å². The summed E-state index contributed by atoms with van der Waals surface area (Å²) in [5, 5.41) is 10.4. The number of hydrogen-bond acceptors (Lipinski definition) is 6. The van der Waals surface area contributed by atoms with Crippen LogP contribution in [0.25, 0.3) is 0 Å². The van der Waals surface area contributed by atoms with Crippen LogP contribution in [0.2, 0.25) is 0 Å². The molecule has 0 radical (unpaired) electrons. The average Bonchev–Trinajstić information content (AvgIpc) is 2.95. The maximum absolute atomic E-state index is 11.6. The van der Waals surface area contributed by atoms with Crippen LogP contribution in [0.15, 0.2) is 18.2 Å².